The van der Waals surface area contributed by atoms with Crippen LogP contribution in [0.2, 0.25) is 0 Å². The molecular weight excluding hydrogens is 779 g/mol. The van der Waals surface area contributed by atoms with E-state index >= 15 is 0 Å². The van der Waals surface area contributed by atoms with Crippen LogP contribution in [-0.4, -0.2) is 46.9 Å². The highest BCUT2D eigenvalue weighted by Gasteiger charge is 2.23. The smallest absolute Gasteiger partial charge is 0.306 e. The molecule has 3 atom stereocenters. The van der Waals surface area contributed by atoms with Gasteiger partial charge in [0.1, 0.15) is 6.10 Å². The van der Waals surface area contributed by atoms with Crippen molar-refractivity contribution in [2.75, 3.05) is 6.61 Å². The summed E-state index contributed by atoms with van der Waals surface area (Å²) in [6, 6.07) is -0.730. The van der Waals surface area contributed by atoms with Gasteiger partial charge in [-0.05, 0) is 63.9 Å². The third kappa shape index (κ3) is 46.4. The van der Waals surface area contributed by atoms with Crippen LogP contribution in [0.4, 0.5) is 0 Å². The summed E-state index contributed by atoms with van der Waals surface area (Å²) in [7, 11) is 0. The molecule has 0 saturated heterocycles. The Morgan fingerprint density at radius 3 is 1.25 bits per heavy atom. The van der Waals surface area contributed by atoms with Crippen LogP contribution in [0.5, 0.6) is 0 Å². The Bertz CT molecular complexity index is 1040. The van der Waals surface area contributed by atoms with Crippen molar-refractivity contribution < 1.29 is 24.5 Å². The first-order valence-corrected chi connectivity index (χ1v) is 27.7. The summed E-state index contributed by atoms with van der Waals surface area (Å²) in [5.74, 6) is -0.594. The van der Waals surface area contributed by atoms with Crippen LogP contribution < -0.4 is 5.32 Å². The van der Waals surface area contributed by atoms with Crippen LogP contribution in [0.3, 0.4) is 0 Å². The van der Waals surface area contributed by atoms with Gasteiger partial charge in [0.25, 0.3) is 0 Å². The van der Waals surface area contributed by atoms with Crippen molar-refractivity contribution in [2.45, 2.75) is 309 Å². The molecule has 0 bridgehead atoms. The highest BCUT2D eigenvalue weighted by molar-refractivity contribution is 5.78. The van der Waals surface area contributed by atoms with Crippen molar-refractivity contribution in [3.63, 3.8) is 0 Å². The number of aliphatic hydroxyl groups excluding tert-OH is 2. The number of amides is 1. The summed E-state index contributed by atoms with van der Waals surface area (Å²) < 4.78 is 5.84. The number of hydrogen-bond donors (Lipinski definition) is 3. The number of carbonyl (C=O) groups excluding carboxylic acids is 2. The first kappa shape index (κ1) is 61.1. The van der Waals surface area contributed by atoms with E-state index in [9.17, 15) is 19.8 Å². The molecule has 3 unspecified atom stereocenters. The van der Waals surface area contributed by atoms with Gasteiger partial charge in [0.05, 0.1) is 25.2 Å². The predicted molar refractivity (Wildman–Crippen MR) is 273 cm³/mol. The third-order valence-corrected chi connectivity index (χ3v) is 12.7. The minimum absolute atomic E-state index is 0.0265. The molecule has 0 aromatic rings. The van der Waals surface area contributed by atoms with Crippen LogP contribution >= 0.6 is 0 Å². The highest BCUT2D eigenvalue weighted by atomic mass is 16.5. The summed E-state index contributed by atoms with van der Waals surface area (Å²) >= 11 is 0. The first-order valence-electron chi connectivity index (χ1n) is 27.7. The number of hydrogen-bond acceptors (Lipinski definition) is 5. The molecule has 370 valence electrons. The van der Waals surface area contributed by atoms with E-state index in [0.717, 1.165) is 51.4 Å². The van der Waals surface area contributed by atoms with Gasteiger partial charge in [0.15, 0.2) is 0 Å². The molecule has 6 nitrogen and oxygen atoms in total. The van der Waals surface area contributed by atoms with Gasteiger partial charge in [0, 0.05) is 6.42 Å². The Kier molecular flexibility index (Phi) is 49.5. The van der Waals surface area contributed by atoms with Crippen molar-refractivity contribution >= 4 is 11.9 Å². The molecule has 0 aliphatic rings. The van der Waals surface area contributed by atoms with Crippen molar-refractivity contribution in [2.24, 2.45) is 0 Å². The van der Waals surface area contributed by atoms with Crippen LogP contribution in [0.1, 0.15) is 290 Å². The Balaban J connectivity index is 4.51. The molecule has 1 amide bonds. The number of carbonyl (C=O) groups is 2. The molecule has 0 spiro atoms. The van der Waals surface area contributed by atoms with E-state index in [1.165, 1.54) is 199 Å². The lowest BCUT2D eigenvalue weighted by molar-refractivity contribution is -0.148. The highest BCUT2D eigenvalue weighted by Crippen LogP contribution is 2.17. The number of aliphatic hydroxyl groups is 2. The van der Waals surface area contributed by atoms with Gasteiger partial charge < -0.3 is 20.3 Å². The molecule has 0 radical (unpaired) electrons. The van der Waals surface area contributed by atoms with Crippen molar-refractivity contribution in [3.05, 3.63) is 36.5 Å². The summed E-state index contributed by atoms with van der Waals surface area (Å²) in [6.45, 7) is 6.46. The summed E-state index contributed by atoms with van der Waals surface area (Å²) in [5.41, 5.74) is 0. The lowest BCUT2D eigenvalue weighted by Gasteiger charge is -2.23. The maximum absolute atomic E-state index is 13.2. The van der Waals surface area contributed by atoms with Gasteiger partial charge in [0.2, 0.25) is 5.91 Å². The molecule has 0 saturated carbocycles. The van der Waals surface area contributed by atoms with Crippen LogP contribution in [0.15, 0.2) is 36.5 Å². The van der Waals surface area contributed by atoms with Gasteiger partial charge in [-0.2, -0.15) is 0 Å². The molecule has 0 aliphatic carbocycles. The maximum Gasteiger partial charge on any atom is 0.306 e. The molecular formula is C57H107NO5. The normalized spacial score (nSPS) is 13.4. The van der Waals surface area contributed by atoms with Crippen molar-refractivity contribution in [1.82, 2.24) is 5.32 Å². The SMILES string of the molecule is CCCCCCCC/C=C\C/C=C/C(CC(=O)NC(CO)C(O)CCCCCCCCCCCCCCCC)OC(=O)CCCCCCCCCCC/C=C/CCCCCCCC. The van der Waals surface area contributed by atoms with Crippen LogP contribution in [0, 0.1) is 0 Å². The fourth-order valence-electron chi connectivity index (χ4n) is 8.45. The molecule has 0 aromatic heterocycles. The van der Waals surface area contributed by atoms with Crippen molar-refractivity contribution in [3.8, 4) is 0 Å². The first-order chi connectivity index (χ1) is 31.0. The molecule has 0 fully saturated rings. The molecule has 3 N–H and O–H groups in total. The van der Waals surface area contributed by atoms with E-state index in [0.29, 0.717) is 12.8 Å². The van der Waals surface area contributed by atoms with Gasteiger partial charge in [-0.25, -0.2) is 0 Å². The number of nitrogens with one attached hydrogen (secondary N) is 1. The molecule has 6 heteroatoms. The Hall–Kier alpha value is -1.92. The van der Waals surface area contributed by atoms with Crippen LogP contribution in [-0.2, 0) is 14.3 Å². The zero-order chi connectivity index (χ0) is 45.9. The Morgan fingerprint density at radius 1 is 0.476 bits per heavy atom. The molecule has 63 heavy (non-hydrogen) atoms. The van der Waals surface area contributed by atoms with Gasteiger partial charge in [-0.15, -0.1) is 0 Å². The number of esters is 1. The zero-order valence-corrected chi connectivity index (χ0v) is 42.2. The average Bonchev–Trinajstić information content (AvgIpc) is 3.28. The Labute approximate surface area is 392 Å². The summed E-state index contributed by atoms with van der Waals surface area (Å²) in [5, 5.41) is 23.7. The second kappa shape index (κ2) is 51.1. The lowest BCUT2D eigenvalue weighted by atomic mass is 10.0. The van der Waals surface area contributed by atoms with Gasteiger partial charge in [-0.3, -0.25) is 9.59 Å². The number of allylic oxidation sites excluding steroid dienone is 5. The second-order valence-electron chi connectivity index (χ2n) is 19.0. The lowest BCUT2D eigenvalue weighted by Crippen LogP contribution is -2.46. The van der Waals surface area contributed by atoms with Gasteiger partial charge >= 0.3 is 5.97 Å². The van der Waals surface area contributed by atoms with E-state index in [1.54, 1.807) is 0 Å². The van der Waals surface area contributed by atoms with E-state index in [2.05, 4.69) is 50.4 Å². The van der Waals surface area contributed by atoms with Gasteiger partial charge in [-0.1, -0.05) is 250 Å². The Morgan fingerprint density at radius 2 is 0.841 bits per heavy atom. The topological polar surface area (TPSA) is 95.9 Å². The standard InChI is InChI=1S/C57H107NO5/c1-4-7-10-13-16-19-22-24-26-27-28-29-30-32-35-38-41-44-47-50-57(62)63-53(48-45-42-39-36-33-21-18-15-12-9-6-3)51-56(61)58-54(52-59)55(60)49-46-43-40-37-34-31-25-23-20-17-14-11-8-5-2/h24,26,36,39,45,48,53-55,59-60H,4-23,25,27-35,37-38,40-44,46-47,49-52H2,1-3H3,(H,58,61)/b26-24+,39-36-,48-45+. The maximum atomic E-state index is 13.2. The predicted octanol–water partition coefficient (Wildman–Crippen LogP) is 16.8. The number of rotatable bonds is 50. The fourth-order valence-corrected chi connectivity index (χ4v) is 8.45. The molecule has 0 aromatic carbocycles. The molecule has 0 aliphatic heterocycles. The van der Waals surface area contributed by atoms with E-state index < -0.39 is 18.2 Å². The zero-order valence-electron chi connectivity index (χ0n) is 42.2. The van der Waals surface area contributed by atoms with E-state index in [4.69, 9.17) is 4.74 Å². The summed E-state index contributed by atoms with van der Waals surface area (Å²) in [6.07, 6.45) is 61.0. The molecule has 0 heterocycles. The number of ether oxygens (including phenoxy) is 1. The largest absolute Gasteiger partial charge is 0.458 e. The van der Waals surface area contributed by atoms with Crippen molar-refractivity contribution in [1.29, 1.82) is 0 Å². The quantitative estimate of drug-likeness (QED) is 0.0321. The minimum Gasteiger partial charge on any atom is -0.458 e. The minimum atomic E-state index is -0.809. The monoisotopic (exact) mass is 886 g/mol. The van der Waals surface area contributed by atoms with E-state index in [1.807, 2.05) is 12.2 Å². The van der Waals surface area contributed by atoms with Crippen LogP contribution in [0.25, 0.3) is 0 Å². The average molecular weight is 886 g/mol. The van der Waals surface area contributed by atoms with E-state index in [-0.39, 0.29) is 24.9 Å². The second-order valence-corrected chi connectivity index (χ2v) is 19.0. The third-order valence-electron chi connectivity index (χ3n) is 12.7. The molecule has 0 rings (SSSR count). The fraction of sp³-hybridized carbons (Fsp3) is 0.860. The number of unbranched alkanes of at least 4 members (excludes halogenated alkanes) is 34. The summed E-state index contributed by atoms with van der Waals surface area (Å²) in [4.78, 5) is 26.1.